The maximum Gasteiger partial charge on any atom is 0.179 e. The van der Waals surface area contributed by atoms with Gasteiger partial charge in [0.2, 0.25) is 0 Å². The summed E-state index contributed by atoms with van der Waals surface area (Å²) >= 11 is 0. The standard InChI is InChI=1S/C18H27N5O/c1-24-12-11-16-19-18(23(22-16)13-7-3-2-4-8-13)17-14-9-5-6-10-15(14)20-21-17/h13H,2-12H2,1H3,(H,20,21). The zero-order valence-corrected chi connectivity index (χ0v) is 14.6. The van der Waals surface area contributed by atoms with Crippen molar-refractivity contribution in [2.24, 2.45) is 0 Å². The molecule has 0 saturated heterocycles. The van der Waals surface area contributed by atoms with Crippen LogP contribution in [0.25, 0.3) is 11.5 Å². The number of aryl methyl sites for hydroxylation is 1. The van der Waals surface area contributed by atoms with Gasteiger partial charge in [-0.2, -0.15) is 10.2 Å². The first kappa shape index (κ1) is 15.8. The van der Waals surface area contributed by atoms with E-state index in [-0.39, 0.29) is 0 Å². The van der Waals surface area contributed by atoms with E-state index in [1.54, 1.807) is 7.11 Å². The first-order chi connectivity index (χ1) is 11.9. The quantitative estimate of drug-likeness (QED) is 0.914. The molecule has 2 aliphatic carbocycles. The van der Waals surface area contributed by atoms with Crippen molar-refractivity contribution in [3.05, 3.63) is 17.1 Å². The lowest BCUT2D eigenvalue weighted by atomic mass is 9.94. The van der Waals surface area contributed by atoms with Gasteiger partial charge in [0.1, 0.15) is 5.69 Å². The normalized spacial score (nSPS) is 18.7. The molecule has 0 aromatic carbocycles. The summed E-state index contributed by atoms with van der Waals surface area (Å²) in [6.07, 6.45) is 11.8. The summed E-state index contributed by atoms with van der Waals surface area (Å²) in [5.41, 5.74) is 3.70. The number of aromatic nitrogens is 5. The van der Waals surface area contributed by atoms with E-state index < -0.39 is 0 Å². The number of rotatable bonds is 5. The van der Waals surface area contributed by atoms with E-state index in [4.69, 9.17) is 14.8 Å². The molecule has 0 bridgehead atoms. The van der Waals surface area contributed by atoms with Crippen LogP contribution in [0.3, 0.4) is 0 Å². The lowest BCUT2D eigenvalue weighted by Crippen LogP contribution is -2.16. The van der Waals surface area contributed by atoms with Crippen LogP contribution in [0.4, 0.5) is 0 Å². The van der Waals surface area contributed by atoms with Crippen molar-refractivity contribution in [1.82, 2.24) is 25.0 Å². The number of hydrogen-bond acceptors (Lipinski definition) is 4. The molecular weight excluding hydrogens is 302 g/mol. The fraction of sp³-hybridized carbons (Fsp3) is 0.722. The molecule has 2 heterocycles. The fourth-order valence-corrected chi connectivity index (χ4v) is 4.07. The molecular formula is C18H27N5O. The van der Waals surface area contributed by atoms with Gasteiger partial charge in [-0.3, -0.25) is 5.10 Å². The number of aromatic amines is 1. The fourth-order valence-electron chi connectivity index (χ4n) is 4.07. The summed E-state index contributed by atoms with van der Waals surface area (Å²) in [4.78, 5) is 4.86. The van der Waals surface area contributed by atoms with Crippen molar-refractivity contribution in [3.63, 3.8) is 0 Å². The van der Waals surface area contributed by atoms with Crippen LogP contribution < -0.4 is 0 Å². The maximum absolute atomic E-state index is 5.21. The zero-order chi connectivity index (χ0) is 16.4. The predicted octanol–water partition coefficient (Wildman–Crippen LogP) is 3.24. The Labute approximate surface area is 143 Å². The maximum atomic E-state index is 5.21. The van der Waals surface area contributed by atoms with E-state index in [1.165, 1.54) is 56.2 Å². The summed E-state index contributed by atoms with van der Waals surface area (Å²) in [5, 5.41) is 12.7. The van der Waals surface area contributed by atoms with Crippen molar-refractivity contribution >= 4 is 0 Å². The number of nitrogens with one attached hydrogen (secondary N) is 1. The molecule has 0 unspecified atom stereocenters. The molecule has 2 aromatic rings. The Morgan fingerprint density at radius 3 is 2.79 bits per heavy atom. The zero-order valence-electron chi connectivity index (χ0n) is 14.6. The SMILES string of the molecule is COCCc1nc(-c2n[nH]c3c2CCCC3)n(C2CCCCC2)n1. The number of nitrogens with zero attached hydrogens (tertiary/aromatic N) is 4. The highest BCUT2D eigenvalue weighted by Crippen LogP contribution is 2.34. The van der Waals surface area contributed by atoms with Crippen LogP contribution in [0, 0.1) is 0 Å². The Hall–Kier alpha value is -1.69. The van der Waals surface area contributed by atoms with Crippen molar-refractivity contribution in [2.75, 3.05) is 13.7 Å². The van der Waals surface area contributed by atoms with Gasteiger partial charge in [0.25, 0.3) is 0 Å². The molecule has 1 N–H and O–H groups in total. The Balaban J connectivity index is 1.72. The van der Waals surface area contributed by atoms with E-state index in [9.17, 15) is 0 Å². The summed E-state index contributed by atoms with van der Waals surface area (Å²) in [5.74, 6) is 1.84. The van der Waals surface area contributed by atoms with Gasteiger partial charge >= 0.3 is 0 Å². The molecule has 130 valence electrons. The second-order valence-electron chi connectivity index (χ2n) is 7.07. The third kappa shape index (κ3) is 2.99. The molecule has 0 aliphatic heterocycles. The summed E-state index contributed by atoms with van der Waals surface area (Å²) in [7, 11) is 1.73. The van der Waals surface area contributed by atoms with E-state index in [2.05, 4.69) is 14.9 Å². The molecule has 24 heavy (non-hydrogen) atoms. The number of ether oxygens (including phenoxy) is 1. The average Bonchev–Trinajstić information content (AvgIpc) is 3.24. The molecule has 0 radical (unpaired) electrons. The molecule has 6 nitrogen and oxygen atoms in total. The minimum Gasteiger partial charge on any atom is -0.384 e. The van der Waals surface area contributed by atoms with Gasteiger partial charge in [0.15, 0.2) is 11.6 Å². The first-order valence-corrected chi connectivity index (χ1v) is 9.37. The van der Waals surface area contributed by atoms with Crippen LogP contribution >= 0.6 is 0 Å². The largest absolute Gasteiger partial charge is 0.384 e. The third-order valence-corrected chi connectivity index (χ3v) is 5.39. The summed E-state index contributed by atoms with van der Waals surface area (Å²) in [6, 6.07) is 0.466. The van der Waals surface area contributed by atoms with Crippen molar-refractivity contribution in [1.29, 1.82) is 0 Å². The van der Waals surface area contributed by atoms with Crippen LogP contribution in [0.15, 0.2) is 0 Å². The van der Waals surface area contributed by atoms with Crippen LogP contribution in [0.1, 0.15) is 68.1 Å². The van der Waals surface area contributed by atoms with Gasteiger partial charge in [0, 0.05) is 24.8 Å². The number of fused-ring (bicyclic) bond motifs is 1. The van der Waals surface area contributed by atoms with Gasteiger partial charge in [-0.1, -0.05) is 19.3 Å². The lowest BCUT2D eigenvalue weighted by Gasteiger charge is -2.23. The summed E-state index contributed by atoms with van der Waals surface area (Å²) in [6.45, 7) is 0.660. The highest BCUT2D eigenvalue weighted by atomic mass is 16.5. The van der Waals surface area contributed by atoms with Crippen molar-refractivity contribution < 1.29 is 4.74 Å². The van der Waals surface area contributed by atoms with Gasteiger partial charge in [-0.25, -0.2) is 9.67 Å². The molecule has 1 fully saturated rings. The van der Waals surface area contributed by atoms with E-state index in [1.807, 2.05) is 0 Å². The summed E-state index contributed by atoms with van der Waals surface area (Å²) < 4.78 is 7.39. The van der Waals surface area contributed by atoms with Gasteiger partial charge < -0.3 is 4.74 Å². The molecule has 2 aliphatic rings. The van der Waals surface area contributed by atoms with Crippen LogP contribution in [-0.4, -0.2) is 38.7 Å². The van der Waals surface area contributed by atoms with Gasteiger partial charge in [0.05, 0.1) is 12.6 Å². The van der Waals surface area contributed by atoms with Crippen LogP contribution in [0.5, 0.6) is 0 Å². The average molecular weight is 329 g/mol. The first-order valence-electron chi connectivity index (χ1n) is 9.37. The Morgan fingerprint density at radius 2 is 1.96 bits per heavy atom. The monoisotopic (exact) mass is 329 g/mol. The lowest BCUT2D eigenvalue weighted by molar-refractivity contribution is 0.200. The van der Waals surface area contributed by atoms with Gasteiger partial charge in [-0.05, 0) is 38.5 Å². The number of hydrogen-bond donors (Lipinski definition) is 1. The predicted molar refractivity (Wildman–Crippen MR) is 91.9 cm³/mol. The molecule has 6 heteroatoms. The smallest absolute Gasteiger partial charge is 0.179 e. The number of H-pyrrole nitrogens is 1. The Bertz CT molecular complexity index is 684. The minimum atomic E-state index is 0.466. The number of methoxy groups -OCH3 is 1. The van der Waals surface area contributed by atoms with E-state index in [0.717, 1.165) is 36.6 Å². The minimum absolute atomic E-state index is 0.466. The second kappa shape index (κ2) is 7.05. The molecule has 1 saturated carbocycles. The Kier molecular flexibility index (Phi) is 4.65. The second-order valence-corrected chi connectivity index (χ2v) is 7.07. The van der Waals surface area contributed by atoms with Crippen LogP contribution in [-0.2, 0) is 24.0 Å². The van der Waals surface area contributed by atoms with Crippen LogP contribution in [0.2, 0.25) is 0 Å². The van der Waals surface area contributed by atoms with E-state index >= 15 is 0 Å². The Morgan fingerprint density at radius 1 is 1.12 bits per heavy atom. The third-order valence-electron chi connectivity index (χ3n) is 5.39. The van der Waals surface area contributed by atoms with Crippen molar-refractivity contribution in [3.8, 4) is 11.5 Å². The molecule has 0 spiro atoms. The van der Waals surface area contributed by atoms with E-state index in [0.29, 0.717) is 12.6 Å². The molecule has 0 atom stereocenters. The molecule has 0 amide bonds. The highest BCUT2D eigenvalue weighted by molar-refractivity contribution is 5.57. The molecule has 2 aromatic heterocycles. The van der Waals surface area contributed by atoms with Gasteiger partial charge in [-0.15, -0.1) is 0 Å². The highest BCUT2D eigenvalue weighted by Gasteiger charge is 2.26. The van der Waals surface area contributed by atoms with Crippen molar-refractivity contribution in [2.45, 2.75) is 70.3 Å². The molecule has 4 rings (SSSR count). The topological polar surface area (TPSA) is 68.6 Å².